The number of carbonyl (C=O) groups is 1. The van der Waals surface area contributed by atoms with Gasteiger partial charge in [0.05, 0.1) is 0 Å². The van der Waals surface area contributed by atoms with Crippen molar-refractivity contribution in [2.24, 2.45) is 0 Å². The Morgan fingerprint density at radius 3 is 2.69 bits per heavy atom. The summed E-state index contributed by atoms with van der Waals surface area (Å²) in [5.41, 5.74) is 0. The molecule has 16 heavy (non-hydrogen) atoms. The number of benzene rings is 1. The van der Waals surface area contributed by atoms with Crippen LogP contribution in [0.3, 0.4) is 0 Å². The molecule has 0 atom stereocenters. The lowest BCUT2D eigenvalue weighted by molar-refractivity contribution is -0.119. The van der Waals surface area contributed by atoms with E-state index in [0.29, 0.717) is 12.3 Å². The minimum Gasteiger partial charge on any atom is -0.452 e. The van der Waals surface area contributed by atoms with E-state index in [4.69, 9.17) is 4.74 Å². The van der Waals surface area contributed by atoms with Gasteiger partial charge in [-0.15, -0.1) is 0 Å². The third-order valence-electron chi connectivity index (χ3n) is 2.05. The molecule has 0 unspecified atom stereocenters. The highest BCUT2D eigenvalue weighted by atomic mass is 16.5. The van der Waals surface area contributed by atoms with Gasteiger partial charge >= 0.3 is 0 Å². The Labute approximate surface area is 96.1 Å². The number of para-hydroxylation sites is 1. The molecule has 0 fully saturated rings. The van der Waals surface area contributed by atoms with Gasteiger partial charge in [0.15, 0.2) is 5.76 Å². The minimum absolute atomic E-state index is 0.127. The Kier molecular flexibility index (Phi) is 5.12. The quantitative estimate of drug-likeness (QED) is 0.453. The first-order valence-corrected chi connectivity index (χ1v) is 5.44. The molecule has 0 heterocycles. The summed E-state index contributed by atoms with van der Waals surface area (Å²) in [6.45, 7) is 6.32. The number of ether oxygens (including phenoxy) is 1. The SMILES string of the molecule is C=C(Oc1ccccc1)C(=O)NCCCC. The van der Waals surface area contributed by atoms with E-state index < -0.39 is 0 Å². The van der Waals surface area contributed by atoms with Crippen molar-refractivity contribution >= 4 is 5.91 Å². The molecule has 0 aliphatic heterocycles. The second kappa shape index (κ2) is 6.67. The van der Waals surface area contributed by atoms with Gasteiger partial charge in [-0.2, -0.15) is 0 Å². The molecule has 1 rings (SSSR count). The van der Waals surface area contributed by atoms with Gasteiger partial charge in [0.2, 0.25) is 0 Å². The Morgan fingerprint density at radius 2 is 2.06 bits per heavy atom. The third kappa shape index (κ3) is 4.17. The first-order valence-electron chi connectivity index (χ1n) is 5.44. The van der Waals surface area contributed by atoms with Gasteiger partial charge in [0.25, 0.3) is 5.91 Å². The summed E-state index contributed by atoms with van der Waals surface area (Å²) in [4.78, 5) is 11.5. The maximum Gasteiger partial charge on any atom is 0.286 e. The van der Waals surface area contributed by atoms with Gasteiger partial charge in [0, 0.05) is 6.54 Å². The molecule has 1 N–H and O–H groups in total. The number of hydrogen-bond acceptors (Lipinski definition) is 2. The number of rotatable bonds is 6. The monoisotopic (exact) mass is 219 g/mol. The van der Waals surface area contributed by atoms with E-state index in [1.807, 2.05) is 18.2 Å². The topological polar surface area (TPSA) is 38.3 Å². The molecule has 1 aromatic rings. The van der Waals surface area contributed by atoms with Gasteiger partial charge in [-0.05, 0) is 18.6 Å². The van der Waals surface area contributed by atoms with Crippen LogP contribution in [0, 0.1) is 0 Å². The number of hydrogen-bond donors (Lipinski definition) is 1. The Bertz CT molecular complexity index is 346. The van der Waals surface area contributed by atoms with Gasteiger partial charge < -0.3 is 10.1 Å². The number of unbranched alkanes of at least 4 members (excludes halogenated alkanes) is 1. The average molecular weight is 219 g/mol. The zero-order valence-corrected chi connectivity index (χ0v) is 9.53. The summed E-state index contributed by atoms with van der Waals surface area (Å²) in [6.07, 6.45) is 2.01. The van der Waals surface area contributed by atoms with Gasteiger partial charge in [-0.25, -0.2) is 0 Å². The summed E-state index contributed by atoms with van der Waals surface area (Å²) in [7, 11) is 0. The van der Waals surface area contributed by atoms with Crippen molar-refractivity contribution in [2.45, 2.75) is 19.8 Å². The smallest absolute Gasteiger partial charge is 0.286 e. The van der Waals surface area contributed by atoms with E-state index in [9.17, 15) is 4.79 Å². The molecule has 1 aromatic carbocycles. The Hall–Kier alpha value is -1.77. The fourth-order valence-electron chi connectivity index (χ4n) is 1.15. The van der Waals surface area contributed by atoms with Crippen LogP contribution in [0.4, 0.5) is 0 Å². The van der Waals surface area contributed by atoms with Crippen LogP contribution in [-0.4, -0.2) is 12.5 Å². The lowest BCUT2D eigenvalue weighted by atomic mass is 10.3. The van der Waals surface area contributed by atoms with Gasteiger partial charge in [0.1, 0.15) is 5.75 Å². The lowest BCUT2D eigenvalue weighted by Crippen LogP contribution is -2.27. The van der Waals surface area contributed by atoms with Crippen LogP contribution in [0.2, 0.25) is 0 Å². The molecule has 86 valence electrons. The van der Waals surface area contributed by atoms with E-state index >= 15 is 0 Å². The average Bonchev–Trinajstić information content (AvgIpc) is 2.30. The maximum absolute atomic E-state index is 11.5. The summed E-state index contributed by atoms with van der Waals surface area (Å²) in [6, 6.07) is 9.14. The molecule has 0 aromatic heterocycles. The summed E-state index contributed by atoms with van der Waals surface area (Å²) in [5.74, 6) is 0.498. The van der Waals surface area contributed by atoms with E-state index in [2.05, 4.69) is 18.8 Å². The highest BCUT2D eigenvalue weighted by Gasteiger charge is 2.07. The standard InChI is InChI=1S/C13H17NO2/c1-3-4-10-14-13(15)11(2)16-12-8-6-5-7-9-12/h5-9H,2-4,10H2,1H3,(H,14,15). The predicted octanol–water partition coefficient (Wildman–Crippen LogP) is 2.50. The van der Waals surface area contributed by atoms with Crippen LogP contribution in [0.15, 0.2) is 42.7 Å². The lowest BCUT2D eigenvalue weighted by Gasteiger charge is -2.08. The molecule has 0 radical (unpaired) electrons. The molecule has 0 saturated carbocycles. The van der Waals surface area contributed by atoms with Crippen molar-refractivity contribution < 1.29 is 9.53 Å². The summed E-state index contributed by atoms with van der Waals surface area (Å²) < 4.78 is 5.30. The van der Waals surface area contributed by atoms with E-state index in [1.54, 1.807) is 12.1 Å². The molecule has 3 nitrogen and oxygen atoms in total. The van der Waals surface area contributed by atoms with Crippen molar-refractivity contribution in [3.63, 3.8) is 0 Å². The molecule has 0 saturated heterocycles. The van der Waals surface area contributed by atoms with Crippen molar-refractivity contribution in [1.29, 1.82) is 0 Å². The van der Waals surface area contributed by atoms with Crippen LogP contribution in [0.5, 0.6) is 5.75 Å². The summed E-state index contributed by atoms with van der Waals surface area (Å²) in [5, 5.41) is 2.74. The van der Waals surface area contributed by atoms with Crippen molar-refractivity contribution in [3.8, 4) is 5.75 Å². The van der Waals surface area contributed by atoms with Crippen LogP contribution in [0.25, 0.3) is 0 Å². The Balaban J connectivity index is 2.38. The van der Waals surface area contributed by atoms with Crippen LogP contribution in [-0.2, 0) is 4.79 Å². The fourth-order valence-corrected chi connectivity index (χ4v) is 1.15. The molecule has 0 aliphatic rings. The van der Waals surface area contributed by atoms with Crippen LogP contribution in [0.1, 0.15) is 19.8 Å². The molecule has 0 aliphatic carbocycles. The minimum atomic E-state index is -0.252. The molecule has 0 spiro atoms. The first-order chi connectivity index (χ1) is 7.74. The van der Waals surface area contributed by atoms with E-state index in [-0.39, 0.29) is 11.7 Å². The fraction of sp³-hybridized carbons (Fsp3) is 0.308. The molecular formula is C13H17NO2. The van der Waals surface area contributed by atoms with Crippen molar-refractivity contribution in [2.75, 3.05) is 6.54 Å². The second-order valence-corrected chi connectivity index (χ2v) is 3.45. The van der Waals surface area contributed by atoms with Gasteiger partial charge in [-0.3, -0.25) is 4.79 Å². The molecular weight excluding hydrogens is 202 g/mol. The number of nitrogens with one attached hydrogen (secondary N) is 1. The van der Waals surface area contributed by atoms with E-state index in [0.717, 1.165) is 12.8 Å². The molecule has 0 bridgehead atoms. The van der Waals surface area contributed by atoms with Crippen LogP contribution >= 0.6 is 0 Å². The third-order valence-corrected chi connectivity index (χ3v) is 2.05. The van der Waals surface area contributed by atoms with E-state index in [1.165, 1.54) is 0 Å². The van der Waals surface area contributed by atoms with Crippen molar-refractivity contribution in [3.05, 3.63) is 42.7 Å². The Morgan fingerprint density at radius 1 is 1.38 bits per heavy atom. The normalized spacial score (nSPS) is 9.56. The summed E-state index contributed by atoms with van der Waals surface area (Å²) >= 11 is 0. The highest BCUT2D eigenvalue weighted by Crippen LogP contribution is 2.11. The first kappa shape index (κ1) is 12.3. The second-order valence-electron chi connectivity index (χ2n) is 3.45. The zero-order valence-electron chi connectivity index (χ0n) is 9.53. The van der Waals surface area contributed by atoms with Crippen molar-refractivity contribution in [1.82, 2.24) is 5.32 Å². The molecule has 1 amide bonds. The predicted molar refractivity (Wildman–Crippen MR) is 64.1 cm³/mol. The zero-order chi connectivity index (χ0) is 11.8. The number of amides is 1. The van der Waals surface area contributed by atoms with Gasteiger partial charge in [-0.1, -0.05) is 38.1 Å². The largest absolute Gasteiger partial charge is 0.452 e. The molecule has 3 heteroatoms. The van der Waals surface area contributed by atoms with Crippen LogP contribution < -0.4 is 10.1 Å². The highest BCUT2D eigenvalue weighted by molar-refractivity contribution is 5.91. The number of carbonyl (C=O) groups excluding carboxylic acids is 1. The maximum atomic E-state index is 11.5.